The van der Waals surface area contributed by atoms with Crippen molar-refractivity contribution in [2.45, 2.75) is 26.7 Å². The number of fused-ring (bicyclic) bond motifs is 1. The monoisotopic (exact) mass is 231 g/mol. The molecule has 0 bridgehead atoms. The zero-order valence-corrected chi connectivity index (χ0v) is 10.3. The summed E-state index contributed by atoms with van der Waals surface area (Å²) in [5, 5.41) is 1.10. The van der Waals surface area contributed by atoms with Crippen LogP contribution in [0, 0.1) is 6.92 Å². The summed E-state index contributed by atoms with van der Waals surface area (Å²) >= 11 is 0. The quantitative estimate of drug-likeness (QED) is 0.753. The second kappa shape index (κ2) is 5.04. The fourth-order valence-corrected chi connectivity index (χ4v) is 1.87. The Morgan fingerprint density at radius 2 is 2.12 bits per heavy atom. The van der Waals surface area contributed by atoms with Crippen LogP contribution in [-0.2, 0) is 4.74 Å². The number of carbonyl (C=O) groups excluding carboxylic acids is 1. The Balaban J connectivity index is 2.26. The van der Waals surface area contributed by atoms with E-state index in [0.29, 0.717) is 6.61 Å². The average Bonchev–Trinajstić information content (AvgIpc) is 2.68. The highest BCUT2D eigenvalue weighted by Gasteiger charge is 2.11. The summed E-state index contributed by atoms with van der Waals surface area (Å²) in [5.74, 6) is 0. The van der Waals surface area contributed by atoms with Crippen LogP contribution in [0.5, 0.6) is 0 Å². The molecule has 0 aliphatic heterocycles. The average molecular weight is 231 g/mol. The predicted octanol–water partition coefficient (Wildman–Crippen LogP) is 3.73. The molecule has 0 N–H and O–H groups in total. The predicted molar refractivity (Wildman–Crippen MR) is 68.3 cm³/mol. The first-order valence-electron chi connectivity index (χ1n) is 5.98. The lowest BCUT2D eigenvalue weighted by Crippen LogP contribution is -2.13. The van der Waals surface area contributed by atoms with Gasteiger partial charge in [0.25, 0.3) is 0 Å². The molecule has 3 heteroatoms. The molecule has 1 aromatic heterocycles. The zero-order valence-electron chi connectivity index (χ0n) is 10.3. The number of rotatable bonds is 3. The first-order valence-corrected chi connectivity index (χ1v) is 5.98. The van der Waals surface area contributed by atoms with Gasteiger partial charge in [0.1, 0.15) is 0 Å². The van der Waals surface area contributed by atoms with Crippen LogP contribution in [0.25, 0.3) is 10.9 Å². The van der Waals surface area contributed by atoms with E-state index in [-0.39, 0.29) is 6.09 Å². The molecule has 0 fully saturated rings. The third-order valence-corrected chi connectivity index (χ3v) is 2.83. The van der Waals surface area contributed by atoms with Gasteiger partial charge in [-0.2, -0.15) is 0 Å². The second-order valence-corrected chi connectivity index (χ2v) is 4.17. The number of hydrogen-bond acceptors (Lipinski definition) is 2. The number of hydrogen-bond donors (Lipinski definition) is 0. The number of aryl methyl sites for hydroxylation is 1. The van der Waals surface area contributed by atoms with Crippen molar-refractivity contribution in [3.8, 4) is 0 Å². The van der Waals surface area contributed by atoms with Gasteiger partial charge in [0, 0.05) is 11.6 Å². The minimum absolute atomic E-state index is 0.289. The van der Waals surface area contributed by atoms with Gasteiger partial charge in [0.15, 0.2) is 0 Å². The number of ether oxygens (including phenoxy) is 1. The third-order valence-electron chi connectivity index (χ3n) is 2.83. The van der Waals surface area contributed by atoms with Crippen LogP contribution >= 0.6 is 0 Å². The van der Waals surface area contributed by atoms with Crippen molar-refractivity contribution in [2.75, 3.05) is 6.61 Å². The van der Waals surface area contributed by atoms with Crippen molar-refractivity contribution in [2.24, 2.45) is 0 Å². The van der Waals surface area contributed by atoms with Crippen molar-refractivity contribution >= 4 is 17.0 Å². The summed E-state index contributed by atoms with van der Waals surface area (Å²) in [6.07, 6.45) is 3.48. The maximum Gasteiger partial charge on any atom is 0.418 e. The summed E-state index contributed by atoms with van der Waals surface area (Å²) < 4.78 is 6.80. The fraction of sp³-hybridized carbons (Fsp3) is 0.357. The first-order chi connectivity index (χ1) is 8.24. The molecule has 2 aromatic rings. The second-order valence-electron chi connectivity index (χ2n) is 4.17. The molecule has 2 rings (SSSR count). The molecular formula is C14H17NO2. The highest BCUT2D eigenvalue weighted by atomic mass is 16.5. The van der Waals surface area contributed by atoms with Gasteiger partial charge in [0.05, 0.1) is 12.1 Å². The molecule has 90 valence electrons. The SMILES string of the molecule is CCCCOC(=O)n1cc(C)c2ccccc21. The third kappa shape index (κ3) is 2.33. The van der Waals surface area contributed by atoms with Gasteiger partial charge < -0.3 is 4.74 Å². The molecular weight excluding hydrogens is 214 g/mol. The number of unbranched alkanes of at least 4 members (excludes halogenated alkanes) is 1. The molecule has 17 heavy (non-hydrogen) atoms. The minimum Gasteiger partial charge on any atom is -0.449 e. The van der Waals surface area contributed by atoms with E-state index in [1.54, 1.807) is 4.57 Å². The van der Waals surface area contributed by atoms with Crippen molar-refractivity contribution < 1.29 is 9.53 Å². The van der Waals surface area contributed by atoms with Crippen molar-refractivity contribution in [1.82, 2.24) is 4.57 Å². The lowest BCUT2D eigenvalue weighted by Gasteiger charge is -2.05. The maximum absolute atomic E-state index is 11.9. The van der Waals surface area contributed by atoms with E-state index in [0.717, 1.165) is 29.3 Å². The number of nitrogens with zero attached hydrogens (tertiary/aromatic N) is 1. The van der Waals surface area contributed by atoms with Crippen LogP contribution < -0.4 is 0 Å². The Kier molecular flexibility index (Phi) is 3.47. The number of aromatic nitrogens is 1. The largest absolute Gasteiger partial charge is 0.449 e. The number of carbonyl (C=O) groups is 1. The molecule has 3 nitrogen and oxygen atoms in total. The van der Waals surface area contributed by atoms with Crippen LogP contribution in [-0.4, -0.2) is 17.3 Å². The molecule has 0 saturated heterocycles. The number of benzene rings is 1. The molecule has 0 amide bonds. The fourth-order valence-electron chi connectivity index (χ4n) is 1.87. The van der Waals surface area contributed by atoms with Crippen LogP contribution in [0.15, 0.2) is 30.5 Å². The van der Waals surface area contributed by atoms with E-state index in [4.69, 9.17) is 4.74 Å². The van der Waals surface area contributed by atoms with Gasteiger partial charge in [0.2, 0.25) is 0 Å². The van der Waals surface area contributed by atoms with Gasteiger partial charge in [-0.3, -0.25) is 4.57 Å². The van der Waals surface area contributed by atoms with Gasteiger partial charge in [-0.25, -0.2) is 4.79 Å². The molecule has 1 heterocycles. The zero-order chi connectivity index (χ0) is 12.3. The molecule has 0 atom stereocenters. The molecule has 0 spiro atoms. The van der Waals surface area contributed by atoms with E-state index < -0.39 is 0 Å². The van der Waals surface area contributed by atoms with Gasteiger partial charge >= 0.3 is 6.09 Å². The van der Waals surface area contributed by atoms with Crippen molar-refractivity contribution in [3.05, 3.63) is 36.0 Å². The first kappa shape index (κ1) is 11.7. The molecule has 0 aliphatic carbocycles. The summed E-state index contributed by atoms with van der Waals surface area (Å²) in [4.78, 5) is 11.9. The summed E-state index contributed by atoms with van der Waals surface area (Å²) in [6.45, 7) is 4.56. The normalized spacial score (nSPS) is 10.7. The van der Waals surface area contributed by atoms with Crippen molar-refractivity contribution in [1.29, 1.82) is 0 Å². The minimum atomic E-state index is -0.289. The van der Waals surface area contributed by atoms with Crippen molar-refractivity contribution in [3.63, 3.8) is 0 Å². The van der Waals surface area contributed by atoms with E-state index >= 15 is 0 Å². The molecule has 0 unspecified atom stereocenters. The Morgan fingerprint density at radius 3 is 2.88 bits per heavy atom. The maximum atomic E-state index is 11.9. The van der Waals surface area contributed by atoms with E-state index in [1.165, 1.54) is 0 Å². The summed E-state index contributed by atoms with van der Waals surface area (Å²) in [5.41, 5.74) is 2.00. The van der Waals surface area contributed by atoms with Gasteiger partial charge in [-0.1, -0.05) is 31.5 Å². The van der Waals surface area contributed by atoms with Crippen LogP contribution in [0.4, 0.5) is 4.79 Å². The Hall–Kier alpha value is -1.77. The highest BCUT2D eigenvalue weighted by Crippen LogP contribution is 2.20. The standard InChI is InChI=1S/C14H17NO2/c1-3-4-9-17-14(16)15-10-11(2)12-7-5-6-8-13(12)15/h5-8,10H,3-4,9H2,1-2H3. The lowest BCUT2D eigenvalue weighted by atomic mass is 10.2. The van der Waals surface area contributed by atoms with E-state index in [9.17, 15) is 4.79 Å². The molecule has 0 saturated carbocycles. The highest BCUT2D eigenvalue weighted by molar-refractivity contribution is 5.91. The molecule has 0 radical (unpaired) electrons. The Morgan fingerprint density at radius 1 is 1.35 bits per heavy atom. The van der Waals surface area contributed by atoms with Crippen LogP contribution in [0.2, 0.25) is 0 Å². The Bertz CT molecular complexity index is 528. The van der Waals surface area contributed by atoms with Crippen LogP contribution in [0.3, 0.4) is 0 Å². The Labute approximate surface area is 101 Å². The summed E-state index contributed by atoms with van der Waals surface area (Å²) in [7, 11) is 0. The topological polar surface area (TPSA) is 31.2 Å². The molecule has 0 aliphatic rings. The van der Waals surface area contributed by atoms with E-state index in [1.807, 2.05) is 37.4 Å². The van der Waals surface area contributed by atoms with Gasteiger partial charge in [-0.05, 0) is 25.0 Å². The summed E-state index contributed by atoms with van der Waals surface area (Å²) in [6, 6.07) is 7.85. The number of para-hydroxylation sites is 1. The van der Waals surface area contributed by atoms with Crippen LogP contribution in [0.1, 0.15) is 25.3 Å². The smallest absolute Gasteiger partial charge is 0.418 e. The van der Waals surface area contributed by atoms with E-state index in [2.05, 4.69) is 6.92 Å². The molecule has 1 aromatic carbocycles. The van der Waals surface area contributed by atoms with Gasteiger partial charge in [-0.15, -0.1) is 0 Å². The lowest BCUT2D eigenvalue weighted by molar-refractivity contribution is 0.147.